The van der Waals surface area contributed by atoms with E-state index in [9.17, 15) is 0 Å². The van der Waals surface area contributed by atoms with E-state index in [4.69, 9.17) is 0 Å². The van der Waals surface area contributed by atoms with Gasteiger partial charge in [0.05, 0.1) is 0 Å². The third kappa shape index (κ3) is 4.17. The van der Waals surface area contributed by atoms with E-state index in [0.29, 0.717) is 0 Å². The van der Waals surface area contributed by atoms with Gasteiger partial charge in [-0.1, -0.05) is 13.8 Å². The van der Waals surface area contributed by atoms with Crippen LogP contribution in [0.5, 0.6) is 0 Å². The highest BCUT2D eigenvalue weighted by Crippen LogP contribution is 2.23. The van der Waals surface area contributed by atoms with Gasteiger partial charge in [0.1, 0.15) is 0 Å². The molecule has 0 aromatic rings. The summed E-state index contributed by atoms with van der Waals surface area (Å²) >= 11 is 0. The molecule has 0 saturated carbocycles. The SMILES string of the molecule is CCCNCC(C)C(C)N1CCC(N2CCCC2)C1. The first-order chi connectivity index (χ1) is 9.22. The van der Waals surface area contributed by atoms with E-state index in [1.54, 1.807) is 0 Å². The largest absolute Gasteiger partial charge is 0.316 e. The molecule has 112 valence electrons. The minimum absolute atomic E-state index is 0.719. The first-order valence-corrected chi connectivity index (χ1v) is 8.41. The lowest BCUT2D eigenvalue weighted by Gasteiger charge is -2.31. The van der Waals surface area contributed by atoms with Crippen molar-refractivity contribution in [3.8, 4) is 0 Å². The standard InChI is InChI=1S/C16H33N3/c1-4-8-17-12-14(2)15(3)19-11-7-16(13-19)18-9-5-6-10-18/h14-17H,4-13H2,1-3H3. The molecule has 3 nitrogen and oxygen atoms in total. The van der Waals surface area contributed by atoms with Crippen LogP contribution in [0.3, 0.4) is 0 Å². The summed E-state index contributed by atoms with van der Waals surface area (Å²) in [6, 6.07) is 1.57. The van der Waals surface area contributed by atoms with Gasteiger partial charge in [0.15, 0.2) is 0 Å². The number of nitrogens with one attached hydrogen (secondary N) is 1. The third-order valence-corrected chi connectivity index (χ3v) is 5.14. The molecule has 3 unspecified atom stereocenters. The van der Waals surface area contributed by atoms with Crippen molar-refractivity contribution in [3.05, 3.63) is 0 Å². The zero-order chi connectivity index (χ0) is 13.7. The smallest absolute Gasteiger partial charge is 0.0235 e. The van der Waals surface area contributed by atoms with Crippen LogP contribution in [-0.4, -0.2) is 61.2 Å². The second-order valence-electron chi connectivity index (χ2n) is 6.60. The fourth-order valence-corrected chi connectivity index (χ4v) is 3.58. The maximum atomic E-state index is 3.57. The van der Waals surface area contributed by atoms with Gasteiger partial charge >= 0.3 is 0 Å². The lowest BCUT2D eigenvalue weighted by Crippen LogP contribution is -2.42. The lowest BCUT2D eigenvalue weighted by molar-refractivity contribution is 0.171. The summed E-state index contributed by atoms with van der Waals surface area (Å²) in [6.45, 7) is 14.7. The maximum absolute atomic E-state index is 3.57. The molecule has 0 aromatic heterocycles. The van der Waals surface area contributed by atoms with Crippen molar-refractivity contribution in [3.63, 3.8) is 0 Å². The van der Waals surface area contributed by atoms with E-state index >= 15 is 0 Å². The summed E-state index contributed by atoms with van der Waals surface area (Å²) in [7, 11) is 0. The van der Waals surface area contributed by atoms with Crippen LogP contribution in [0, 0.1) is 5.92 Å². The Morgan fingerprint density at radius 3 is 2.58 bits per heavy atom. The summed E-state index contributed by atoms with van der Waals surface area (Å²) in [4.78, 5) is 5.45. The molecule has 0 amide bonds. The van der Waals surface area contributed by atoms with Gasteiger partial charge in [-0.15, -0.1) is 0 Å². The fraction of sp³-hybridized carbons (Fsp3) is 1.00. The van der Waals surface area contributed by atoms with Crippen molar-refractivity contribution in [2.45, 2.75) is 58.5 Å². The molecule has 0 bridgehead atoms. The summed E-state index contributed by atoms with van der Waals surface area (Å²) < 4.78 is 0. The van der Waals surface area contributed by atoms with Crippen LogP contribution in [-0.2, 0) is 0 Å². The van der Waals surface area contributed by atoms with Crippen LogP contribution in [0.15, 0.2) is 0 Å². The maximum Gasteiger partial charge on any atom is 0.0235 e. The summed E-state index contributed by atoms with van der Waals surface area (Å²) in [6.07, 6.45) is 5.47. The molecule has 2 aliphatic heterocycles. The van der Waals surface area contributed by atoms with Gasteiger partial charge in [0.2, 0.25) is 0 Å². The highest BCUT2D eigenvalue weighted by Gasteiger charge is 2.32. The molecule has 2 saturated heterocycles. The Morgan fingerprint density at radius 2 is 1.89 bits per heavy atom. The normalized spacial score (nSPS) is 28.9. The predicted octanol–water partition coefficient (Wildman–Crippen LogP) is 2.18. The van der Waals surface area contributed by atoms with Gasteiger partial charge in [-0.05, 0) is 64.7 Å². The van der Waals surface area contributed by atoms with E-state index in [-0.39, 0.29) is 0 Å². The van der Waals surface area contributed by atoms with Crippen LogP contribution in [0.1, 0.15) is 46.5 Å². The molecule has 3 heteroatoms. The van der Waals surface area contributed by atoms with Crippen molar-refractivity contribution < 1.29 is 0 Å². The van der Waals surface area contributed by atoms with E-state index in [1.165, 1.54) is 58.4 Å². The van der Waals surface area contributed by atoms with Crippen LogP contribution < -0.4 is 5.32 Å². The van der Waals surface area contributed by atoms with Crippen molar-refractivity contribution in [1.82, 2.24) is 15.1 Å². The molecule has 3 atom stereocenters. The van der Waals surface area contributed by atoms with Crippen LogP contribution in [0.2, 0.25) is 0 Å². The second kappa shape index (κ2) is 7.61. The molecule has 2 fully saturated rings. The van der Waals surface area contributed by atoms with Crippen molar-refractivity contribution >= 4 is 0 Å². The Hall–Kier alpha value is -0.120. The van der Waals surface area contributed by atoms with E-state index in [2.05, 4.69) is 35.9 Å². The number of nitrogens with zero attached hydrogens (tertiary/aromatic N) is 2. The molecule has 0 radical (unpaired) electrons. The molecular formula is C16H33N3. The molecule has 2 rings (SSSR count). The van der Waals surface area contributed by atoms with Gasteiger partial charge in [-0.3, -0.25) is 9.80 Å². The molecule has 19 heavy (non-hydrogen) atoms. The van der Waals surface area contributed by atoms with Gasteiger partial charge in [-0.2, -0.15) is 0 Å². The van der Waals surface area contributed by atoms with E-state index in [0.717, 1.165) is 24.5 Å². The van der Waals surface area contributed by atoms with Crippen molar-refractivity contribution in [1.29, 1.82) is 0 Å². The first-order valence-electron chi connectivity index (χ1n) is 8.41. The van der Waals surface area contributed by atoms with E-state index < -0.39 is 0 Å². The number of likely N-dealkylation sites (tertiary alicyclic amines) is 2. The fourth-order valence-electron chi connectivity index (χ4n) is 3.58. The van der Waals surface area contributed by atoms with Crippen molar-refractivity contribution in [2.75, 3.05) is 39.3 Å². The minimum Gasteiger partial charge on any atom is -0.316 e. The Bertz CT molecular complexity index is 250. The summed E-state index contributed by atoms with van der Waals surface area (Å²) in [5, 5.41) is 3.57. The van der Waals surface area contributed by atoms with Gasteiger partial charge in [0, 0.05) is 25.2 Å². The Balaban J connectivity index is 1.72. The highest BCUT2D eigenvalue weighted by atomic mass is 15.3. The topological polar surface area (TPSA) is 18.5 Å². The van der Waals surface area contributed by atoms with Crippen LogP contribution in [0.4, 0.5) is 0 Å². The number of rotatable bonds is 7. The van der Waals surface area contributed by atoms with Crippen molar-refractivity contribution in [2.24, 2.45) is 5.92 Å². The third-order valence-electron chi connectivity index (χ3n) is 5.14. The minimum atomic E-state index is 0.719. The Kier molecular flexibility index (Phi) is 6.11. The quantitative estimate of drug-likeness (QED) is 0.713. The van der Waals surface area contributed by atoms with Crippen LogP contribution >= 0.6 is 0 Å². The summed E-state index contributed by atoms with van der Waals surface area (Å²) in [5.74, 6) is 0.754. The Labute approximate surface area is 119 Å². The molecule has 0 aromatic carbocycles. The van der Waals surface area contributed by atoms with Gasteiger partial charge in [-0.25, -0.2) is 0 Å². The number of hydrogen-bond donors (Lipinski definition) is 1. The monoisotopic (exact) mass is 267 g/mol. The highest BCUT2D eigenvalue weighted by molar-refractivity contribution is 4.89. The average Bonchev–Trinajstić information content (AvgIpc) is 3.08. The molecule has 1 N–H and O–H groups in total. The first kappa shape index (κ1) is 15.3. The predicted molar refractivity (Wildman–Crippen MR) is 82.6 cm³/mol. The zero-order valence-corrected chi connectivity index (χ0v) is 13.2. The molecule has 0 spiro atoms. The second-order valence-corrected chi connectivity index (χ2v) is 6.60. The molecular weight excluding hydrogens is 234 g/mol. The zero-order valence-electron chi connectivity index (χ0n) is 13.2. The van der Waals surface area contributed by atoms with Gasteiger partial charge in [0.25, 0.3) is 0 Å². The van der Waals surface area contributed by atoms with Crippen LogP contribution in [0.25, 0.3) is 0 Å². The molecule has 0 aliphatic carbocycles. The number of hydrogen-bond acceptors (Lipinski definition) is 3. The van der Waals surface area contributed by atoms with Gasteiger partial charge < -0.3 is 5.32 Å². The molecule has 2 aliphatic rings. The Morgan fingerprint density at radius 1 is 1.16 bits per heavy atom. The summed E-state index contributed by atoms with van der Waals surface area (Å²) in [5.41, 5.74) is 0. The lowest BCUT2D eigenvalue weighted by atomic mass is 10.0. The van der Waals surface area contributed by atoms with E-state index in [1.807, 2.05) is 0 Å². The average molecular weight is 267 g/mol. The molecule has 2 heterocycles.